The standard InChI is InChI=1S/C16H17/c1-2-3-8-14-9-7-12-16(13-14)15-10-5-4-6-11-15/h4-5,7,9-13H,2-3,8H2,1H3. The molecule has 0 saturated heterocycles. The van der Waals surface area contributed by atoms with Gasteiger partial charge in [-0.15, -0.1) is 0 Å². The summed E-state index contributed by atoms with van der Waals surface area (Å²) in [5.41, 5.74) is 3.98. The van der Waals surface area contributed by atoms with E-state index in [1.54, 1.807) is 0 Å². The fourth-order valence-corrected chi connectivity index (χ4v) is 1.86. The van der Waals surface area contributed by atoms with Crippen molar-refractivity contribution in [3.05, 3.63) is 60.2 Å². The van der Waals surface area contributed by atoms with Crippen molar-refractivity contribution in [2.24, 2.45) is 0 Å². The molecule has 0 spiro atoms. The molecule has 0 nitrogen and oxygen atoms in total. The first-order chi connectivity index (χ1) is 7.90. The molecule has 0 fully saturated rings. The van der Waals surface area contributed by atoms with Gasteiger partial charge in [0.1, 0.15) is 0 Å². The zero-order valence-electron chi connectivity index (χ0n) is 9.74. The molecule has 0 bridgehead atoms. The highest BCUT2D eigenvalue weighted by Crippen LogP contribution is 2.20. The zero-order valence-corrected chi connectivity index (χ0v) is 9.74. The van der Waals surface area contributed by atoms with Crippen molar-refractivity contribution >= 4 is 0 Å². The van der Waals surface area contributed by atoms with Gasteiger partial charge in [-0.1, -0.05) is 55.8 Å². The van der Waals surface area contributed by atoms with Gasteiger partial charge in [-0.25, -0.2) is 0 Å². The van der Waals surface area contributed by atoms with E-state index < -0.39 is 0 Å². The second-order valence-corrected chi connectivity index (χ2v) is 4.10. The molecule has 81 valence electrons. The van der Waals surface area contributed by atoms with Crippen LogP contribution in [0.3, 0.4) is 0 Å². The van der Waals surface area contributed by atoms with E-state index in [1.807, 2.05) is 18.2 Å². The summed E-state index contributed by atoms with van der Waals surface area (Å²) in [7, 11) is 0. The molecule has 0 atom stereocenters. The van der Waals surface area contributed by atoms with Gasteiger partial charge in [0.2, 0.25) is 0 Å². The quantitative estimate of drug-likeness (QED) is 0.695. The molecule has 0 aliphatic rings. The van der Waals surface area contributed by atoms with Crippen LogP contribution in [0.4, 0.5) is 0 Å². The largest absolute Gasteiger partial charge is 0.0654 e. The van der Waals surface area contributed by atoms with Crippen LogP contribution < -0.4 is 0 Å². The average Bonchev–Trinajstić information content (AvgIpc) is 2.38. The predicted octanol–water partition coefficient (Wildman–Crippen LogP) is 4.50. The molecule has 0 amide bonds. The second kappa shape index (κ2) is 5.50. The lowest BCUT2D eigenvalue weighted by Crippen LogP contribution is -1.85. The Labute approximate surface area is 97.9 Å². The average molecular weight is 209 g/mol. The van der Waals surface area contributed by atoms with Crippen molar-refractivity contribution in [3.63, 3.8) is 0 Å². The lowest BCUT2D eigenvalue weighted by Gasteiger charge is -2.04. The summed E-state index contributed by atoms with van der Waals surface area (Å²) in [6.45, 7) is 2.23. The van der Waals surface area contributed by atoms with E-state index in [0.717, 1.165) is 0 Å². The van der Waals surface area contributed by atoms with Crippen LogP contribution in [-0.4, -0.2) is 0 Å². The third-order valence-electron chi connectivity index (χ3n) is 2.79. The number of benzene rings is 2. The topological polar surface area (TPSA) is 0 Å². The van der Waals surface area contributed by atoms with Gasteiger partial charge in [-0.05, 0) is 41.7 Å². The van der Waals surface area contributed by atoms with E-state index in [-0.39, 0.29) is 0 Å². The fraction of sp³-hybridized carbons (Fsp3) is 0.250. The van der Waals surface area contributed by atoms with Crippen molar-refractivity contribution in [1.29, 1.82) is 0 Å². The van der Waals surface area contributed by atoms with Gasteiger partial charge < -0.3 is 0 Å². The smallest absolute Gasteiger partial charge is 0.0178 e. The Bertz CT molecular complexity index is 429. The van der Waals surface area contributed by atoms with E-state index in [4.69, 9.17) is 0 Å². The third kappa shape index (κ3) is 2.73. The molecule has 2 aromatic rings. The summed E-state index contributed by atoms with van der Waals surface area (Å²) < 4.78 is 0. The lowest BCUT2D eigenvalue weighted by atomic mass is 10.0. The van der Waals surface area contributed by atoms with Gasteiger partial charge in [-0.2, -0.15) is 0 Å². The van der Waals surface area contributed by atoms with Crippen LogP contribution in [0, 0.1) is 6.07 Å². The van der Waals surface area contributed by atoms with Crippen molar-refractivity contribution in [2.45, 2.75) is 26.2 Å². The highest BCUT2D eigenvalue weighted by molar-refractivity contribution is 5.63. The number of hydrogen-bond donors (Lipinski definition) is 0. The molecule has 16 heavy (non-hydrogen) atoms. The second-order valence-electron chi connectivity index (χ2n) is 4.10. The molecule has 1 radical (unpaired) electrons. The third-order valence-corrected chi connectivity index (χ3v) is 2.79. The minimum Gasteiger partial charge on any atom is -0.0654 e. The SMILES string of the molecule is CCCCc1cccc(-c2c[c]ccc2)c1. The van der Waals surface area contributed by atoms with Crippen molar-refractivity contribution < 1.29 is 0 Å². The molecule has 0 heteroatoms. The first-order valence-electron chi connectivity index (χ1n) is 5.95. The summed E-state index contributed by atoms with van der Waals surface area (Å²) in [5, 5.41) is 0. The summed E-state index contributed by atoms with van der Waals surface area (Å²) in [6, 6.07) is 20.1. The molecular weight excluding hydrogens is 192 g/mol. The van der Waals surface area contributed by atoms with Gasteiger partial charge >= 0.3 is 0 Å². The van der Waals surface area contributed by atoms with E-state index in [0.29, 0.717) is 0 Å². The molecule has 0 aliphatic heterocycles. The van der Waals surface area contributed by atoms with E-state index >= 15 is 0 Å². The van der Waals surface area contributed by atoms with Crippen molar-refractivity contribution in [1.82, 2.24) is 0 Å². The molecule has 0 N–H and O–H groups in total. The maximum atomic E-state index is 3.12. The number of rotatable bonds is 4. The lowest BCUT2D eigenvalue weighted by molar-refractivity contribution is 0.795. The van der Waals surface area contributed by atoms with E-state index in [2.05, 4.69) is 43.3 Å². The first kappa shape index (κ1) is 10.9. The predicted molar refractivity (Wildman–Crippen MR) is 69.3 cm³/mol. The Morgan fingerprint density at radius 1 is 1.06 bits per heavy atom. The minimum atomic E-state index is 1.18. The van der Waals surface area contributed by atoms with Gasteiger partial charge in [-0.3, -0.25) is 0 Å². The van der Waals surface area contributed by atoms with Gasteiger partial charge in [0, 0.05) is 0 Å². The maximum Gasteiger partial charge on any atom is -0.0178 e. The van der Waals surface area contributed by atoms with Crippen LogP contribution >= 0.6 is 0 Å². The number of aryl methyl sites for hydroxylation is 1. The Morgan fingerprint density at radius 2 is 1.94 bits per heavy atom. The molecule has 0 heterocycles. The van der Waals surface area contributed by atoms with Crippen LogP contribution in [0.2, 0.25) is 0 Å². The molecular formula is C16H17. The molecule has 0 aromatic heterocycles. The highest BCUT2D eigenvalue weighted by atomic mass is 14.0. The number of unbranched alkanes of at least 4 members (excludes halogenated alkanes) is 1. The van der Waals surface area contributed by atoms with Crippen LogP contribution in [-0.2, 0) is 6.42 Å². The zero-order chi connectivity index (χ0) is 11.2. The minimum absolute atomic E-state index is 1.18. The van der Waals surface area contributed by atoms with Gasteiger partial charge in [0.05, 0.1) is 0 Å². The molecule has 0 unspecified atom stereocenters. The van der Waals surface area contributed by atoms with Crippen LogP contribution in [0.15, 0.2) is 48.5 Å². The Kier molecular flexibility index (Phi) is 3.76. The maximum absolute atomic E-state index is 3.12. The monoisotopic (exact) mass is 209 g/mol. The molecule has 2 aromatic carbocycles. The van der Waals surface area contributed by atoms with Crippen molar-refractivity contribution in [3.8, 4) is 11.1 Å². The summed E-state index contributed by atoms with van der Waals surface area (Å²) in [5.74, 6) is 0. The molecule has 0 aliphatic carbocycles. The van der Waals surface area contributed by atoms with Crippen molar-refractivity contribution in [2.75, 3.05) is 0 Å². The molecule has 0 saturated carbocycles. The first-order valence-corrected chi connectivity index (χ1v) is 5.95. The van der Waals surface area contributed by atoms with E-state index in [9.17, 15) is 0 Å². The number of hydrogen-bond acceptors (Lipinski definition) is 0. The Hall–Kier alpha value is -1.56. The van der Waals surface area contributed by atoms with Gasteiger partial charge in [0.25, 0.3) is 0 Å². The highest BCUT2D eigenvalue weighted by Gasteiger charge is 1.98. The van der Waals surface area contributed by atoms with Crippen LogP contribution in [0.5, 0.6) is 0 Å². The summed E-state index contributed by atoms with van der Waals surface area (Å²) in [4.78, 5) is 0. The summed E-state index contributed by atoms with van der Waals surface area (Å²) in [6.07, 6.45) is 3.70. The van der Waals surface area contributed by atoms with Crippen LogP contribution in [0.25, 0.3) is 11.1 Å². The van der Waals surface area contributed by atoms with E-state index in [1.165, 1.54) is 36.0 Å². The Balaban J connectivity index is 2.22. The Morgan fingerprint density at radius 3 is 2.69 bits per heavy atom. The normalized spacial score (nSPS) is 10.3. The van der Waals surface area contributed by atoms with Gasteiger partial charge in [0.15, 0.2) is 0 Å². The fourth-order valence-electron chi connectivity index (χ4n) is 1.86. The molecule has 2 rings (SSSR count). The summed E-state index contributed by atoms with van der Waals surface area (Å²) >= 11 is 0. The van der Waals surface area contributed by atoms with Crippen LogP contribution in [0.1, 0.15) is 25.3 Å².